The normalized spacial score (nSPS) is 13.9. The van der Waals surface area contributed by atoms with Gasteiger partial charge < -0.3 is 9.73 Å². The van der Waals surface area contributed by atoms with Gasteiger partial charge in [-0.15, -0.1) is 0 Å². The van der Waals surface area contributed by atoms with Gasteiger partial charge >= 0.3 is 0 Å². The van der Waals surface area contributed by atoms with E-state index in [0.29, 0.717) is 23.9 Å². The van der Waals surface area contributed by atoms with Crippen molar-refractivity contribution in [2.24, 2.45) is 0 Å². The van der Waals surface area contributed by atoms with Crippen LogP contribution in [0.1, 0.15) is 40.7 Å². The third-order valence-electron chi connectivity index (χ3n) is 4.06. The van der Waals surface area contributed by atoms with Gasteiger partial charge in [-0.2, -0.15) is 5.10 Å². The number of hydrogen-bond donors (Lipinski definition) is 2. The molecule has 0 unspecified atom stereocenters. The second-order valence-corrected chi connectivity index (χ2v) is 6.85. The van der Waals surface area contributed by atoms with Crippen molar-refractivity contribution in [2.75, 3.05) is 0 Å². The first-order valence-corrected chi connectivity index (χ1v) is 8.66. The van der Waals surface area contributed by atoms with E-state index in [2.05, 4.69) is 31.4 Å². The van der Waals surface area contributed by atoms with Gasteiger partial charge in [-0.3, -0.25) is 9.89 Å². The molecular weight excluding hydrogens is 370 g/mol. The molecule has 2 heterocycles. The van der Waals surface area contributed by atoms with E-state index in [0.717, 1.165) is 21.5 Å². The van der Waals surface area contributed by atoms with E-state index in [1.807, 2.05) is 42.5 Å². The van der Waals surface area contributed by atoms with E-state index in [4.69, 9.17) is 4.42 Å². The molecule has 1 aliphatic carbocycles. The van der Waals surface area contributed by atoms with Gasteiger partial charge in [0.15, 0.2) is 0 Å². The lowest BCUT2D eigenvalue weighted by Gasteiger charge is -2.01. The van der Waals surface area contributed by atoms with Crippen LogP contribution in [0.25, 0.3) is 11.3 Å². The van der Waals surface area contributed by atoms with E-state index in [-0.39, 0.29) is 5.91 Å². The highest BCUT2D eigenvalue weighted by molar-refractivity contribution is 9.10. The Hall–Kier alpha value is -2.34. The van der Waals surface area contributed by atoms with Crippen LogP contribution in [-0.2, 0) is 6.54 Å². The molecule has 1 aromatic carbocycles. The molecule has 1 fully saturated rings. The van der Waals surface area contributed by atoms with Crippen LogP contribution in [0.2, 0.25) is 0 Å². The molecule has 6 heteroatoms. The molecule has 0 saturated heterocycles. The van der Waals surface area contributed by atoms with Crippen molar-refractivity contribution in [1.29, 1.82) is 0 Å². The summed E-state index contributed by atoms with van der Waals surface area (Å²) >= 11 is 3.41. The maximum atomic E-state index is 12.1. The van der Waals surface area contributed by atoms with Crippen LogP contribution in [0.15, 0.2) is 51.4 Å². The Kier molecular flexibility index (Phi) is 3.98. The zero-order valence-corrected chi connectivity index (χ0v) is 14.5. The van der Waals surface area contributed by atoms with Crippen LogP contribution < -0.4 is 5.32 Å². The molecule has 122 valence electrons. The van der Waals surface area contributed by atoms with Gasteiger partial charge in [-0.25, -0.2) is 0 Å². The zero-order valence-electron chi connectivity index (χ0n) is 12.9. The number of H-pyrrole nitrogens is 1. The molecule has 1 aliphatic rings. The average Bonchev–Trinajstić information content (AvgIpc) is 3.13. The van der Waals surface area contributed by atoms with Crippen LogP contribution in [-0.4, -0.2) is 16.1 Å². The fourth-order valence-corrected chi connectivity index (χ4v) is 2.82. The maximum Gasteiger partial charge on any atom is 0.272 e. The highest BCUT2D eigenvalue weighted by Crippen LogP contribution is 2.38. The number of aromatic amines is 1. The smallest absolute Gasteiger partial charge is 0.272 e. The molecule has 1 saturated carbocycles. The van der Waals surface area contributed by atoms with Crippen LogP contribution in [0.5, 0.6) is 0 Å². The quantitative estimate of drug-likeness (QED) is 0.689. The summed E-state index contributed by atoms with van der Waals surface area (Å²) < 4.78 is 6.81. The van der Waals surface area contributed by atoms with Crippen molar-refractivity contribution in [3.05, 3.63) is 64.1 Å². The van der Waals surface area contributed by atoms with Crippen molar-refractivity contribution in [3.8, 4) is 11.3 Å². The molecule has 0 aliphatic heterocycles. The van der Waals surface area contributed by atoms with Crippen LogP contribution in [0, 0.1) is 0 Å². The monoisotopic (exact) mass is 385 g/mol. The summed E-state index contributed by atoms with van der Waals surface area (Å²) in [4.78, 5) is 12.1. The van der Waals surface area contributed by atoms with Gasteiger partial charge in [-0.1, -0.05) is 28.1 Å². The number of benzene rings is 1. The predicted molar refractivity (Wildman–Crippen MR) is 93.6 cm³/mol. The van der Waals surface area contributed by atoms with E-state index in [1.165, 1.54) is 12.8 Å². The summed E-state index contributed by atoms with van der Waals surface area (Å²) in [7, 11) is 0. The van der Waals surface area contributed by atoms with Crippen molar-refractivity contribution in [2.45, 2.75) is 25.3 Å². The van der Waals surface area contributed by atoms with Crippen molar-refractivity contribution in [1.82, 2.24) is 15.5 Å². The standard InChI is InChI=1S/C18H16BrN3O2/c19-13-5-3-12(4-6-13)17-8-7-14(24-17)10-20-18(23)16-9-15(21-22-16)11-1-2-11/h3-9,11H,1-2,10H2,(H,20,23)(H,21,22). The molecule has 4 rings (SSSR count). The predicted octanol–water partition coefficient (Wildman–Crippen LogP) is 4.24. The molecule has 0 bridgehead atoms. The average molecular weight is 386 g/mol. The summed E-state index contributed by atoms with van der Waals surface area (Å²) in [6, 6.07) is 13.5. The highest BCUT2D eigenvalue weighted by atomic mass is 79.9. The number of halogens is 1. The largest absolute Gasteiger partial charge is 0.459 e. The third-order valence-corrected chi connectivity index (χ3v) is 4.59. The molecule has 5 nitrogen and oxygen atoms in total. The fourth-order valence-electron chi connectivity index (χ4n) is 2.56. The summed E-state index contributed by atoms with van der Waals surface area (Å²) in [6.45, 7) is 0.334. The van der Waals surface area contributed by atoms with E-state index >= 15 is 0 Å². The minimum absolute atomic E-state index is 0.195. The van der Waals surface area contributed by atoms with Gasteiger partial charge in [0, 0.05) is 21.6 Å². The number of aromatic nitrogens is 2. The topological polar surface area (TPSA) is 70.9 Å². The molecular formula is C18H16BrN3O2. The Bertz CT molecular complexity index is 863. The van der Waals surface area contributed by atoms with Gasteiger partial charge in [0.25, 0.3) is 5.91 Å². The number of nitrogens with zero attached hydrogens (tertiary/aromatic N) is 1. The Morgan fingerprint density at radius 3 is 2.79 bits per heavy atom. The summed E-state index contributed by atoms with van der Waals surface area (Å²) in [5.41, 5.74) is 2.48. The van der Waals surface area contributed by atoms with Crippen LogP contribution >= 0.6 is 15.9 Å². The van der Waals surface area contributed by atoms with Gasteiger partial charge in [0.1, 0.15) is 17.2 Å². The first-order chi connectivity index (χ1) is 11.7. The lowest BCUT2D eigenvalue weighted by atomic mass is 10.2. The Balaban J connectivity index is 1.38. The second-order valence-electron chi connectivity index (χ2n) is 5.94. The van der Waals surface area contributed by atoms with Crippen molar-refractivity contribution >= 4 is 21.8 Å². The Morgan fingerprint density at radius 2 is 2.04 bits per heavy atom. The number of rotatable bonds is 5. The van der Waals surface area contributed by atoms with E-state index < -0.39 is 0 Å². The number of carbonyl (C=O) groups excluding carboxylic acids is 1. The number of hydrogen-bond acceptors (Lipinski definition) is 3. The maximum absolute atomic E-state index is 12.1. The molecule has 2 aromatic heterocycles. The van der Waals surface area contributed by atoms with Gasteiger partial charge in [0.05, 0.1) is 6.54 Å². The first-order valence-electron chi connectivity index (χ1n) is 7.87. The minimum Gasteiger partial charge on any atom is -0.459 e. The Morgan fingerprint density at radius 1 is 1.25 bits per heavy atom. The molecule has 24 heavy (non-hydrogen) atoms. The number of furan rings is 1. The Labute approximate surface area is 147 Å². The number of nitrogens with one attached hydrogen (secondary N) is 2. The minimum atomic E-state index is -0.195. The fraction of sp³-hybridized carbons (Fsp3) is 0.222. The molecule has 2 N–H and O–H groups in total. The van der Waals surface area contributed by atoms with Gasteiger partial charge in [0.2, 0.25) is 0 Å². The molecule has 1 amide bonds. The van der Waals surface area contributed by atoms with E-state index in [1.54, 1.807) is 0 Å². The summed E-state index contributed by atoms with van der Waals surface area (Å²) in [5.74, 6) is 1.85. The van der Waals surface area contributed by atoms with Crippen molar-refractivity contribution in [3.63, 3.8) is 0 Å². The molecule has 0 atom stereocenters. The molecule has 0 radical (unpaired) electrons. The van der Waals surface area contributed by atoms with Crippen molar-refractivity contribution < 1.29 is 9.21 Å². The summed E-state index contributed by atoms with van der Waals surface area (Å²) in [5, 5.41) is 9.86. The molecule has 3 aromatic rings. The number of amides is 1. The van der Waals surface area contributed by atoms with Gasteiger partial charge in [-0.05, 0) is 43.2 Å². The zero-order chi connectivity index (χ0) is 16.5. The lowest BCUT2D eigenvalue weighted by Crippen LogP contribution is -2.22. The highest BCUT2D eigenvalue weighted by Gasteiger charge is 2.26. The van der Waals surface area contributed by atoms with Crippen LogP contribution in [0.3, 0.4) is 0 Å². The lowest BCUT2D eigenvalue weighted by molar-refractivity contribution is 0.0943. The first kappa shape index (κ1) is 15.2. The van der Waals surface area contributed by atoms with E-state index in [9.17, 15) is 4.79 Å². The summed E-state index contributed by atoms with van der Waals surface area (Å²) in [6.07, 6.45) is 2.35. The number of carbonyl (C=O) groups is 1. The third kappa shape index (κ3) is 3.28. The molecule has 0 spiro atoms. The second kappa shape index (κ2) is 6.28. The van der Waals surface area contributed by atoms with Crippen LogP contribution in [0.4, 0.5) is 0 Å². The SMILES string of the molecule is O=C(NCc1ccc(-c2ccc(Br)cc2)o1)c1cc(C2CC2)[nH]n1.